The Morgan fingerprint density at radius 1 is 1.17 bits per heavy atom. The van der Waals surface area contributed by atoms with Crippen LogP contribution in [0.4, 0.5) is 5.69 Å². The summed E-state index contributed by atoms with van der Waals surface area (Å²) >= 11 is 5.75. The van der Waals surface area contributed by atoms with Gasteiger partial charge in [-0.3, -0.25) is 4.79 Å². The van der Waals surface area contributed by atoms with E-state index in [1.54, 1.807) is 24.3 Å². The molecular weight excluding hydrogens is 414 g/mol. The number of rotatable bonds is 8. The van der Waals surface area contributed by atoms with Crippen molar-refractivity contribution >= 4 is 33.2 Å². The molecule has 0 aliphatic rings. The summed E-state index contributed by atoms with van der Waals surface area (Å²) in [6.07, 6.45) is 3.49. The van der Waals surface area contributed by atoms with Gasteiger partial charge in [0.1, 0.15) is 15.8 Å². The molecule has 1 aromatic carbocycles. The van der Waals surface area contributed by atoms with E-state index in [0.717, 1.165) is 22.5 Å². The number of hydrogen-bond donors (Lipinski definition) is 1. The second-order valence-corrected chi connectivity index (χ2v) is 8.59. The number of nitrogens with zero attached hydrogens (tertiary/aromatic N) is 2. The topological polar surface area (TPSA) is 92.5 Å². The average molecular weight is 434 g/mol. The predicted molar refractivity (Wildman–Crippen MR) is 110 cm³/mol. The highest BCUT2D eigenvalue weighted by Gasteiger charge is 2.28. The number of halogens is 1. The van der Waals surface area contributed by atoms with Crippen molar-refractivity contribution in [2.45, 2.75) is 24.8 Å². The minimum absolute atomic E-state index is 0.0615. The van der Waals surface area contributed by atoms with Crippen LogP contribution in [0.3, 0.4) is 0 Å². The minimum atomic E-state index is -4.00. The first-order valence-corrected chi connectivity index (χ1v) is 10.7. The summed E-state index contributed by atoms with van der Waals surface area (Å²) in [4.78, 5) is 16.3. The first-order chi connectivity index (χ1) is 13.9. The molecule has 9 heteroatoms. The van der Waals surface area contributed by atoms with Gasteiger partial charge < -0.3 is 9.73 Å². The number of amides is 1. The van der Waals surface area contributed by atoms with Gasteiger partial charge in [-0.25, -0.2) is 13.4 Å². The molecule has 0 radical (unpaired) electrons. The summed E-state index contributed by atoms with van der Waals surface area (Å²) in [5.74, 6) is -0.0538. The molecule has 3 aromatic rings. The van der Waals surface area contributed by atoms with Crippen LogP contribution in [0.2, 0.25) is 5.15 Å². The summed E-state index contributed by atoms with van der Waals surface area (Å²) in [7, 11) is -4.00. The van der Waals surface area contributed by atoms with Crippen LogP contribution >= 0.6 is 11.6 Å². The monoisotopic (exact) mass is 433 g/mol. The number of benzene rings is 1. The molecule has 0 aliphatic heterocycles. The van der Waals surface area contributed by atoms with Gasteiger partial charge >= 0.3 is 0 Å². The van der Waals surface area contributed by atoms with E-state index in [1.807, 2.05) is 19.1 Å². The molecule has 2 aromatic heterocycles. The molecule has 152 valence electrons. The second kappa shape index (κ2) is 9.21. The minimum Gasteiger partial charge on any atom is -0.468 e. The highest BCUT2D eigenvalue weighted by Crippen LogP contribution is 2.20. The fourth-order valence-corrected chi connectivity index (χ4v) is 4.07. The van der Waals surface area contributed by atoms with Crippen molar-refractivity contribution < 1.29 is 17.6 Å². The molecular formula is C20H20ClN3O4S. The lowest BCUT2D eigenvalue weighted by atomic mass is 10.1. The number of aromatic nitrogens is 1. The quantitative estimate of drug-likeness (QED) is 0.546. The van der Waals surface area contributed by atoms with Crippen LogP contribution in [0.5, 0.6) is 0 Å². The maximum atomic E-state index is 13.1. The van der Waals surface area contributed by atoms with Crippen molar-refractivity contribution in [2.75, 3.05) is 11.9 Å². The zero-order chi connectivity index (χ0) is 20.9. The largest absolute Gasteiger partial charge is 0.468 e. The number of furan rings is 1. The van der Waals surface area contributed by atoms with Crippen LogP contribution in [-0.4, -0.2) is 30.2 Å². The van der Waals surface area contributed by atoms with Crippen LogP contribution < -0.4 is 5.32 Å². The molecule has 2 heterocycles. The van der Waals surface area contributed by atoms with Gasteiger partial charge in [0.15, 0.2) is 0 Å². The first-order valence-electron chi connectivity index (χ1n) is 8.91. The van der Waals surface area contributed by atoms with Gasteiger partial charge in [-0.1, -0.05) is 30.7 Å². The number of pyridine rings is 1. The summed E-state index contributed by atoms with van der Waals surface area (Å²) in [6.45, 7) is 1.55. The van der Waals surface area contributed by atoms with Crippen molar-refractivity contribution in [3.8, 4) is 0 Å². The number of carbonyl (C=O) groups is 1. The standard InChI is InChI=1S/C20H20ClN3O4S/c1-2-15-5-7-16(8-6-15)23-20(25)14-24(13-17-4-3-11-28-17)29(26,27)18-9-10-19(21)22-12-18/h3-12H,2,13-14H2,1H3,(H,23,25). The average Bonchev–Trinajstić information content (AvgIpc) is 3.21. The fraction of sp³-hybridized carbons (Fsp3) is 0.200. The summed E-state index contributed by atoms with van der Waals surface area (Å²) in [5, 5.41) is 2.90. The van der Waals surface area contributed by atoms with E-state index >= 15 is 0 Å². The molecule has 0 fully saturated rings. The SMILES string of the molecule is CCc1ccc(NC(=O)CN(Cc2ccco2)S(=O)(=O)c2ccc(Cl)nc2)cc1. The number of sulfonamides is 1. The molecule has 0 aliphatic carbocycles. The van der Waals surface area contributed by atoms with Crippen LogP contribution in [0, 0.1) is 0 Å². The van der Waals surface area contributed by atoms with E-state index in [0.29, 0.717) is 11.4 Å². The van der Waals surface area contributed by atoms with Crippen molar-refractivity contribution in [1.29, 1.82) is 0 Å². The Hall–Kier alpha value is -2.68. The Bertz CT molecular complexity index is 1050. The molecule has 1 N–H and O–H groups in total. The second-order valence-electron chi connectivity index (χ2n) is 6.27. The van der Waals surface area contributed by atoms with Crippen LogP contribution in [0.15, 0.2) is 70.3 Å². The molecule has 3 rings (SSSR count). The maximum absolute atomic E-state index is 13.1. The zero-order valence-corrected chi connectivity index (χ0v) is 17.3. The predicted octanol–water partition coefficient (Wildman–Crippen LogP) is 3.72. The molecule has 29 heavy (non-hydrogen) atoms. The molecule has 0 unspecified atom stereocenters. The van der Waals surface area contributed by atoms with Gasteiger partial charge in [-0.2, -0.15) is 4.31 Å². The number of nitrogens with one attached hydrogen (secondary N) is 1. The lowest BCUT2D eigenvalue weighted by Gasteiger charge is -2.20. The van der Waals surface area contributed by atoms with Gasteiger partial charge in [0.05, 0.1) is 19.4 Å². The number of hydrogen-bond acceptors (Lipinski definition) is 5. The number of anilines is 1. The lowest BCUT2D eigenvalue weighted by Crippen LogP contribution is -2.37. The van der Waals surface area contributed by atoms with E-state index in [2.05, 4.69) is 10.3 Å². The highest BCUT2D eigenvalue weighted by molar-refractivity contribution is 7.89. The molecule has 0 bridgehead atoms. The van der Waals surface area contributed by atoms with Crippen LogP contribution in [-0.2, 0) is 27.8 Å². The lowest BCUT2D eigenvalue weighted by molar-refractivity contribution is -0.116. The van der Waals surface area contributed by atoms with E-state index < -0.39 is 15.9 Å². The summed E-state index contributed by atoms with van der Waals surface area (Å²) in [5.41, 5.74) is 1.73. The Labute approximate surface area is 174 Å². The van der Waals surface area contributed by atoms with Gasteiger partial charge in [0.2, 0.25) is 15.9 Å². The van der Waals surface area contributed by atoms with Crippen molar-refractivity contribution in [3.63, 3.8) is 0 Å². The smallest absolute Gasteiger partial charge is 0.245 e. The van der Waals surface area contributed by atoms with E-state index in [4.69, 9.17) is 16.0 Å². The van der Waals surface area contributed by atoms with Gasteiger partial charge in [-0.05, 0) is 48.4 Å². The zero-order valence-electron chi connectivity index (χ0n) is 15.7. The van der Waals surface area contributed by atoms with E-state index in [-0.39, 0.29) is 23.1 Å². The van der Waals surface area contributed by atoms with Crippen LogP contribution in [0.1, 0.15) is 18.2 Å². The molecule has 0 saturated heterocycles. The third kappa shape index (κ3) is 5.44. The molecule has 0 spiro atoms. The summed E-state index contributed by atoms with van der Waals surface area (Å²) < 4.78 is 32.4. The van der Waals surface area contributed by atoms with Crippen molar-refractivity contribution in [3.05, 3.63) is 77.5 Å². The van der Waals surface area contributed by atoms with Crippen LogP contribution in [0.25, 0.3) is 0 Å². The normalized spacial score (nSPS) is 11.6. The van der Waals surface area contributed by atoms with Gasteiger partial charge in [0, 0.05) is 11.9 Å². The summed E-state index contributed by atoms with van der Waals surface area (Å²) in [6, 6.07) is 13.4. The molecule has 1 amide bonds. The molecule has 7 nitrogen and oxygen atoms in total. The maximum Gasteiger partial charge on any atom is 0.245 e. The van der Waals surface area contributed by atoms with Gasteiger partial charge in [-0.15, -0.1) is 0 Å². The fourth-order valence-electron chi connectivity index (χ4n) is 2.65. The van der Waals surface area contributed by atoms with Gasteiger partial charge in [0.25, 0.3) is 0 Å². The Morgan fingerprint density at radius 2 is 1.93 bits per heavy atom. The Morgan fingerprint density at radius 3 is 2.52 bits per heavy atom. The highest BCUT2D eigenvalue weighted by atomic mass is 35.5. The first kappa shape index (κ1) is 21.0. The third-order valence-corrected chi connectivity index (χ3v) is 6.22. The number of aryl methyl sites for hydroxylation is 1. The number of carbonyl (C=O) groups excluding carboxylic acids is 1. The van der Waals surface area contributed by atoms with E-state index in [1.165, 1.54) is 18.4 Å². The molecule has 0 atom stereocenters. The Balaban J connectivity index is 1.80. The van der Waals surface area contributed by atoms with E-state index in [9.17, 15) is 13.2 Å². The van der Waals surface area contributed by atoms with Crippen molar-refractivity contribution in [1.82, 2.24) is 9.29 Å². The van der Waals surface area contributed by atoms with Crippen molar-refractivity contribution in [2.24, 2.45) is 0 Å². The third-order valence-electron chi connectivity index (χ3n) is 4.22. The Kier molecular flexibility index (Phi) is 6.68. The molecule has 0 saturated carbocycles.